The third-order valence-corrected chi connectivity index (χ3v) is 13.6. The molecule has 0 spiro atoms. The molecule has 0 amide bonds. The first-order valence-electron chi connectivity index (χ1n) is 16.8. The van der Waals surface area contributed by atoms with Crippen LogP contribution in [-0.2, 0) is 0 Å². The normalized spacial score (nSPS) is 11.1. The molecule has 47 heavy (non-hydrogen) atoms. The molecule has 0 atom stereocenters. The van der Waals surface area contributed by atoms with E-state index in [4.69, 9.17) is 0 Å². The van der Waals surface area contributed by atoms with Gasteiger partial charge in [-0.2, -0.15) is 0 Å². The van der Waals surface area contributed by atoms with Crippen molar-refractivity contribution in [2.24, 2.45) is 0 Å². The Hall–Kier alpha value is -4.22. The third-order valence-electron chi connectivity index (χ3n) is 8.60. The Bertz CT molecular complexity index is 1580. The van der Waals surface area contributed by atoms with Gasteiger partial charge >= 0.3 is 0 Å². The Kier molecular flexibility index (Phi) is 11.5. The Morgan fingerprint density at radius 3 is 0.936 bits per heavy atom. The van der Waals surface area contributed by atoms with Gasteiger partial charge in [-0.1, -0.05) is 158 Å². The minimum atomic E-state index is -0.678. The van der Waals surface area contributed by atoms with E-state index in [1.165, 1.54) is 43.2 Å². The number of rotatable bonds is 14. The zero-order chi connectivity index (χ0) is 32.3. The fraction of sp³-hybridized carbons (Fsp3) is 0.163. The van der Waals surface area contributed by atoms with E-state index in [0.717, 1.165) is 32.6 Å². The van der Waals surface area contributed by atoms with Crippen LogP contribution in [0.15, 0.2) is 170 Å². The largest absolute Gasteiger partial charge is 0.371 e. The van der Waals surface area contributed by atoms with Crippen molar-refractivity contribution in [3.8, 4) is 0 Å². The molecule has 0 unspecified atom stereocenters. The summed E-state index contributed by atoms with van der Waals surface area (Å²) in [6.45, 7) is 8.55. The SMILES string of the molecule is CCN(CCCN(CC)c1ccccc1P(c1ccccc1)c1ccccc1)c1ccccc1P(c1ccccc1)c1ccccc1. The van der Waals surface area contributed by atoms with E-state index in [9.17, 15) is 0 Å². The van der Waals surface area contributed by atoms with E-state index in [2.05, 4.69) is 194 Å². The molecule has 236 valence electrons. The van der Waals surface area contributed by atoms with Crippen LogP contribution in [0.4, 0.5) is 11.4 Å². The fourth-order valence-electron chi connectivity index (χ4n) is 6.35. The van der Waals surface area contributed by atoms with Crippen LogP contribution in [0.5, 0.6) is 0 Å². The number of para-hydroxylation sites is 2. The third kappa shape index (κ3) is 7.85. The number of benzene rings is 6. The summed E-state index contributed by atoms with van der Waals surface area (Å²) in [5.41, 5.74) is 2.71. The predicted molar refractivity (Wildman–Crippen MR) is 211 cm³/mol. The minimum absolute atomic E-state index is 0.678. The summed E-state index contributed by atoms with van der Waals surface area (Å²) in [6.07, 6.45) is 1.08. The van der Waals surface area contributed by atoms with E-state index >= 15 is 0 Å². The van der Waals surface area contributed by atoms with Crippen molar-refractivity contribution in [1.82, 2.24) is 0 Å². The summed E-state index contributed by atoms with van der Waals surface area (Å²) in [5.74, 6) is 0. The highest BCUT2D eigenvalue weighted by atomic mass is 31.1. The Morgan fingerprint density at radius 1 is 0.362 bits per heavy atom. The van der Waals surface area contributed by atoms with Gasteiger partial charge in [-0.3, -0.25) is 0 Å². The zero-order valence-electron chi connectivity index (χ0n) is 27.5. The molecule has 0 aliphatic heterocycles. The molecule has 0 aliphatic rings. The molecule has 6 rings (SSSR count). The molecule has 0 N–H and O–H groups in total. The van der Waals surface area contributed by atoms with Crippen LogP contribution in [0.3, 0.4) is 0 Å². The zero-order valence-corrected chi connectivity index (χ0v) is 29.3. The number of nitrogens with zero attached hydrogens (tertiary/aromatic N) is 2. The van der Waals surface area contributed by atoms with E-state index in [0.29, 0.717) is 0 Å². The maximum absolute atomic E-state index is 2.59. The van der Waals surface area contributed by atoms with Gasteiger partial charge in [0.25, 0.3) is 0 Å². The molecule has 0 bridgehead atoms. The van der Waals surface area contributed by atoms with Crippen molar-refractivity contribution >= 4 is 59.0 Å². The lowest BCUT2D eigenvalue weighted by Gasteiger charge is -2.32. The van der Waals surface area contributed by atoms with Gasteiger partial charge in [0.1, 0.15) is 0 Å². The first kappa shape index (κ1) is 32.7. The van der Waals surface area contributed by atoms with Gasteiger partial charge in [-0.05, 0) is 69.5 Å². The topological polar surface area (TPSA) is 6.48 Å². The molecule has 4 heteroatoms. The van der Waals surface area contributed by atoms with Gasteiger partial charge in [-0.25, -0.2) is 0 Å². The number of hydrogen-bond donors (Lipinski definition) is 0. The molecule has 0 radical (unpaired) electrons. The van der Waals surface area contributed by atoms with E-state index < -0.39 is 15.8 Å². The second-order valence-corrected chi connectivity index (χ2v) is 15.9. The molecule has 0 saturated heterocycles. The van der Waals surface area contributed by atoms with Crippen LogP contribution in [0.1, 0.15) is 20.3 Å². The van der Waals surface area contributed by atoms with Crippen LogP contribution in [0, 0.1) is 0 Å². The summed E-state index contributed by atoms with van der Waals surface area (Å²) in [6, 6.07) is 62.4. The van der Waals surface area contributed by atoms with Crippen molar-refractivity contribution in [3.05, 3.63) is 170 Å². The number of hydrogen-bond acceptors (Lipinski definition) is 2. The second kappa shape index (κ2) is 16.6. The van der Waals surface area contributed by atoms with Gasteiger partial charge in [0.15, 0.2) is 0 Å². The molecular weight excluding hydrogens is 606 g/mol. The Labute approximate surface area is 284 Å². The Morgan fingerprint density at radius 2 is 0.638 bits per heavy atom. The molecule has 6 aromatic carbocycles. The van der Waals surface area contributed by atoms with Crippen LogP contribution < -0.4 is 41.6 Å². The lowest BCUT2D eigenvalue weighted by atomic mass is 10.2. The highest BCUT2D eigenvalue weighted by molar-refractivity contribution is 7.80. The van der Waals surface area contributed by atoms with Crippen molar-refractivity contribution in [3.63, 3.8) is 0 Å². The van der Waals surface area contributed by atoms with Gasteiger partial charge < -0.3 is 9.80 Å². The molecule has 0 aliphatic carbocycles. The molecule has 2 nitrogen and oxygen atoms in total. The summed E-state index contributed by atoms with van der Waals surface area (Å²) in [5, 5.41) is 8.41. The monoisotopic (exact) mass is 650 g/mol. The predicted octanol–water partition coefficient (Wildman–Crippen LogP) is 7.95. The molecular formula is C43H44N2P2. The second-order valence-electron chi connectivity index (χ2n) is 11.5. The van der Waals surface area contributed by atoms with Crippen LogP contribution in [0.2, 0.25) is 0 Å². The quantitative estimate of drug-likeness (QED) is 0.111. The van der Waals surface area contributed by atoms with Gasteiger partial charge in [0.2, 0.25) is 0 Å². The first-order chi connectivity index (χ1) is 23.3. The van der Waals surface area contributed by atoms with Gasteiger partial charge in [0.05, 0.1) is 0 Å². The van der Waals surface area contributed by atoms with Crippen molar-refractivity contribution in [2.45, 2.75) is 20.3 Å². The fourth-order valence-corrected chi connectivity index (χ4v) is 11.3. The van der Waals surface area contributed by atoms with E-state index in [1.807, 2.05) is 0 Å². The average molecular weight is 651 g/mol. The summed E-state index contributed by atoms with van der Waals surface area (Å²) < 4.78 is 0. The number of anilines is 2. The average Bonchev–Trinajstić information content (AvgIpc) is 3.15. The standard InChI is InChI=1S/C43H44N2P2/c1-3-44(40-30-17-19-32-42(40)46(36-22-9-5-10-23-36)37-24-11-6-12-25-37)34-21-35-45(4-2)41-31-18-20-33-43(41)47(38-26-13-7-14-27-38)39-28-15-8-16-29-39/h5-20,22-33H,3-4,21,34-35H2,1-2H3. The van der Waals surface area contributed by atoms with Gasteiger partial charge in [-0.15, -0.1) is 0 Å². The molecule has 6 aromatic rings. The van der Waals surface area contributed by atoms with Crippen LogP contribution in [0.25, 0.3) is 0 Å². The molecule has 0 fully saturated rings. The summed E-state index contributed by atoms with van der Waals surface area (Å²) >= 11 is 0. The lowest BCUT2D eigenvalue weighted by Crippen LogP contribution is -2.35. The maximum Gasteiger partial charge on any atom is 0.0450 e. The van der Waals surface area contributed by atoms with Crippen molar-refractivity contribution in [2.75, 3.05) is 36.0 Å². The lowest BCUT2D eigenvalue weighted by molar-refractivity contribution is 0.712. The molecule has 0 saturated carbocycles. The van der Waals surface area contributed by atoms with E-state index in [1.54, 1.807) is 0 Å². The Balaban J connectivity index is 1.26. The van der Waals surface area contributed by atoms with Crippen LogP contribution >= 0.6 is 15.8 Å². The smallest absolute Gasteiger partial charge is 0.0450 e. The minimum Gasteiger partial charge on any atom is -0.371 e. The highest BCUT2D eigenvalue weighted by Crippen LogP contribution is 2.38. The molecule has 0 aromatic heterocycles. The van der Waals surface area contributed by atoms with E-state index in [-0.39, 0.29) is 0 Å². The molecule has 0 heterocycles. The first-order valence-corrected chi connectivity index (χ1v) is 19.4. The van der Waals surface area contributed by atoms with Crippen molar-refractivity contribution in [1.29, 1.82) is 0 Å². The van der Waals surface area contributed by atoms with Gasteiger partial charge in [0, 0.05) is 48.2 Å². The summed E-state index contributed by atoms with van der Waals surface area (Å²) in [7, 11) is -1.36. The van der Waals surface area contributed by atoms with Crippen molar-refractivity contribution < 1.29 is 0 Å². The maximum atomic E-state index is 2.59. The highest BCUT2D eigenvalue weighted by Gasteiger charge is 2.23. The van der Waals surface area contributed by atoms with Crippen LogP contribution in [-0.4, -0.2) is 26.2 Å². The summed E-state index contributed by atoms with van der Waals surface area (Å²) in [4.78, 5) is 5.19.